The van der Waals surface area contributed by atoms with Crippen LogP contribution in [0.3, 0.4) is 0 Å². The molecule has 0 aromatic carbocycles. The summed E-state index contributed by atoms with van der Waals surface area (Å²) in [4.78, 5) is 0. The van der Waals surface area contributed by atoms with Gasteiger partial charge in [0.15, 0.2) is 0 Å². The van der Waals surface area contributed by atoms with Gasteiger partial charge in [0.2, 0.25) is 10.4 Å². The van der Waals surface area contributed by atoms with E-state index >= 15 is 0 Å². The molecule has 0 aromatic heterocycles. The van der Waals surface area contributed by atoms with Gasteiger partial charge >= 0.3 is 29.6 Å². The Kier molecular flexibility index (Phi) is 17.7. The third-order valence-electron chi connectivity index (χ3n) is 2.60. The second-order valence-electron chi connectivity index (χ2n) is 4.32. The summed E-state index contributed by atoms with van der Waals surface area (Å²) in [7, 11) is -4.57. The fourth-order valence-corrected chi connectivity index (χ4v) is 1.91. The Morgan fingerprint density at radius 1 is 0.842 bits per heavy atom. The minimum atomic E-state index is -4.57. The van der Waals surface area contributed by atoms with Crippen LogP contribution < -0.4 is 29.6 Å². The summed E-state index contributed by atoms with van der Waals surface area (Å²) in [6, 6.07) is 0. The molecule has 110 valence electrons. The zero-order chi connectivity index (χ0) is 13.7. The van der Waals surface area contributed by atoms with Gasteiger partial charge in [0.25, 0.3) is 0 Å². The van der Waals surface area contributed by atoms with Crippen LogP contribution in [0.1, 0.15) is 58.3 Å². The molecule has 0 saturated carbocycles. The topological polar surface area (TPSA) is 75.7 Å². The van der Waals surface area contributed by atoms with Crippen molar-refractivity contribution in [1.29, 1.82) is 0 Å². The van der Waals surface area contributed by atoms with Crippen molar-refractivity contribution in [1.82, 2.24) is 0 Å². The Balaban J connectivity index is 0. The Hall–Kier alpha value is 0.830. The van der Waals surface area contributed by atoms with E-state index in [2.05, 4.69) is 11.1 Å². The van der Waals surface area contributed by atoms with Crippen LogP contribution >= 0.6 is 0 Å². The quantitative estimate of drug-likeness (QED) is 0.201. The van der Waals surface area contributed by atoms with Crippen molar-refractivity contribution >= 4 is 10.4 Å². The Morgan fingerprint density at radius 2 is 1.37 bits per heavy atom. The van der Waals surface area contributed by atoms with E-state index in [0.717, 1.165) is 12.8 Å². The molecule has 0 atom stereocenters. The largest absolute Gasteiger partial charge is 1.00 e. The molecule has 5 nitrogen and oxygen atoms in total. The van der Waals surface area contributed by atoms with Crippen molar-refractivity contribution in [3.8, 4) is 0 Å². The smallest absolute Gasteiger partial charge is 0.726 e. The zero-order valence-electron chi connectivity index (χ0n) is 12.2. The van der Waals surface area contributed by atoms with Crippen molar-refractivity contribution in [2.75, 3.05) is 19.8 Å². The van der Waals surface area contributed by atoms with Gasteiger partial charge in [0, 0.05) is 6.61 Å². The minimum absolute atomic E-state index is 0. The van der Waals surface area contributed by atoms with E-state index in [1.54, 1.807) is 0 Å². The van der Waals surface area contributed by atoms with Gasteiger partial charge in [0.1, 0.15) is 0 Å². The molecule has 0 radical (unpaired) electrons. The summed E-state index contributed by atoms with van der Waals surface area (Å²) in [5, 5.41) is 0. The van der Waals surface area contributed by atoms with Crippen molar-refractivity contribution in [2.24, 2.45) is 0 Å². The predicted octanol–water partition coefficient (Wildman–Crippen LogP) is -0.375. The van der Waals surface area contributed by atoms with E-state index in [0.29, 0.717) is 6.61 Å². The summed E-state index contributed by atoms with van der Waals surface area (Å²) >= 11 is 0. The van der Waals surface area contributed by atoms with E-state index < -0.39 is 10.4 Å². The van der Waals surface area contributed by atoms with Gasteiger partial charge in [0.05, 0.1) is 13.2 Å². The fraction of sp³-hybridized carbons (Fsp3) is 1.00. The van der Waals surface area contributed by atoms with Crippen LogP contribution in [0.15, 0.2) is 0 Å². The van der Waals surface area contributed by atoms with Crippen molar-refractivity contribution in [3.63, 3.8) is 0 Å². The van der Waals surface area contributed by atoms with E-state index in [1.807, 2.05) is 0 Å². The van der Waals surface area contributed by atoms with Crippen LogP contribution in [-0.4, -0.2) is 32.8 Å². The molecule has 0 spiro atoms. The van der Waals surface area contributed by atoms with E-state index in [4.69, 9.17) is 4.74 Å². The molecule has 0 fully saturated rings. The van der Waals surface area contributed by atoms with Crippen LogP contribution in [0.4, 0.5) is 0 Å². The van der Waals surface area contributed by atoms with Crippen molar-refractivity contribution in [3.05, 3.63) is 0 Å². The Labute approximate surface area is 139 Å². The number of ether oxygens (including phenoxy) is 1. The molecule has 7 heteroatoms. The molecule has 0 aliphatic carbocycles. The second kappa shape index (κ2) is 15.2. The van der Waals surface area contributed by atoms with Gasteiger partial charge in [-0.3, -0.25) is 4.18 Å². The van der Waals surface area contributed by atoms with Gasteiger partial charge in [-0.15, -0.1) is 0 Å². The molecule has 0 unspecified atom stereocenters. The zero-order valence-corrected chi connectivity index (χ0v) is 15.0. The number of rotatable bonds is 13. The SMILES string of the molecule is CCCCCCCCCCOCCOS(=O)(=O)[O-].[Na+]. The average molecular weight is 304 g/mol. The minimum Gasteiger partial charge on any atom is -0.726 e. The summed E-state index contributed by atoms with van der Waals surface area (Å²) in [5.41, 5.74) is 0. The molecule has 0 saturated heterocycles. The molecule has 0 heterocycles. The van der Waals surface area contributed by atoms with E-state index in [9.17, 15) is 13.0 Å². The molecule has 0 amide bonds. The fourth-order valence-electron chi connectivity index (χ4n) is 1.64. The summed E-state index contributed by atoms with van der Waals surface area (Å²) < 4.78 is 39.4. The molecule has 0 N–H and O–H groups in total. The van der Waals surface area contributed by atoms with Gasteiger partial charge in [-0.25, -0.2) is 8.42 Å². The first-order chi connectivity index (χ1) is 8.56. The molecule has 0 aliphatic rings. The van der Waals surface area contributed by atoms with Gasteiger partial charge in [-0.1, -0.05) is 51.9 Å². The van der Waals surface area contributed by atoms with Crippen molar-refractivity contribution in [2.45, 2.75) is 58.3 Å². The van der Waals surface area contributed by atoms with Crippen LogP contribution in [0.5, 0.6) is 0 Å². The maximum Gasteiger partial charge on any atom is 1.00 e. The monoisotopic (exact) mass is 304 g/mol. The van der Waals surface area contributed by atoms with Gasteiger partial charge in [-0.2, -0.15) is 0 Å². The molecule has 0 aromatic rings. The summed E-state index contributed by atoms with van der Waals surface area (Å²) in [6.45, 7) is 2.76. The molecule has 0 aliphatic heterocycles. The Bertz CT molecular complexity index is 269. The van der Waals surface area contributed by atoms with Crippen LogP contribution in [-0.2, 0) is 19.3 Å². The third-order valence-corrected chi connectivity index (χ3v) is 3.05. The van der Waals surface area contributed by atoms with Crippen LogP contribution in [0.25, 0.3) is 0 Å². The summed E-state index contributed by atoms with van der Waals surface area (Å²) in [6.07, 6.45) is 9.83. The molecule has 19 heavy (non-hydrogen) atoms. The average Bonchev–Trinajstić information content (AvgIpc) is 2.29. The normalized spacial score (nSPS) is 11.3. The first-order valence-electron chi connectivity index (χ1n) is 6.74. The van der Waals surface area contributed by atoms with Crippen molar-refractivity contribution < 1.29 is 51.4 Å². The maximum atomic E-state index is 10.1. The molecular weight excluding hydrogens is 279 g/mol. The number of hydrogen-bond acceptors (Lipinski definition) is 5. The van der Waals surface area contributed by atoms with E-state index in [-0.39, 0.29) is 42.8 Å². The molecular formula is C12H25NaO5S. The molecule has 0 bridgehead atoms. The Morgan fingerprint density at radius 3 is 1.89 bits per heavy atom. The van der Waals surface area contributed by atoms with Gasteiger partial charge in [-0.05, 0) is 6.42 Å². The molecule has 0 rings (SSSR count). The standard InChI is InChI=1S/C12H26O5S.Na/c1-2-3-4-5-6-7-8-9-10-16-11-12-17-18(13,14)15;/h2-12H2,1H3,(H,13,14,15);/q;+1/p-1. The van der Waals surface area contributed by atoms with E-state index in [1.165, 1.54) is 38.5 Å². The van der Waals surface area contributed by atoms with Gasteiger partial charge < -0.3 is 9.29 Å². The number of unbranched alkanes of at least 4 members (excludes halogenated alkanes) is 7. The third kappa shape index (κ3) is 21.3. The summed E-state index contributed by atoms with van der Waals surface area (Å²) in [5.74, 6) is 0. The predicted molar refractivity (Wildman–Crippen MR) is 69.1 cm³/mol. The van der Waals surface area contributed by atoms with Crippen LogP contribution in [0, 0.1) is 0 Å². The first kappa shape index (κ1) is 22.1. The first-order valence-corrected chi connectivity index (χ1v) is 8.07. The maximum absolute atomic E-state index is 10.1. The number of hydrogen-bond donors (Lipinski definition) is 0. The van der Waals surface area contributed by atoms with Crippen LogP contribution in [0.2, 0.25) is 0 Å². The second-order valence-corrected chi connectivity index (χ2v) is 5.37.